The van der Waals surface area contributed by atoms with Gasteiger partial charge in [-0.2, -0.15) is 11.8 Å². The summed E-state index contributed by atoms with van der Waals surface area (Å²) >= 11 is 1.94. The quantitative estimate of drug-likeness (QED) is 0.832. The lowest BCUT2D eigenvalue weighted by Gasteiger charge is -2.32. The molecule has 20 heavy (non-hydrogen) atoms. The predicted molar refractivity (Wildman–Crippen MR) is 84.3 cm³/mol. The Morgan fingerprint density at radius 2 is 2.15 bits per heavy atom. The molecule has 0 bridgehead atoms. The highest BCUT2D eigenvalue weighted by Gasteiger charge is 2.24. The van der Waals surface area contributed by atoms with Crippen molar-refractivity contribution in [2.75, 3.05) is 26.0 Å². The highest BCUT2D eigenvalue weighted by molar-refractivity contribution is 7.99. The maximum atomic E-state index is 12.1. The molecule has 1 fully saturated rings. The zero-order chi connectivity index (χ0) is 14.4. The van der Waals surface area contributed by atoms with Crippen molar-refractivity contribution in [2.45, 2.75) is 31.4 Å². The summed E-state index contributed by atoms with van der Waals surface area (Å²) in [6, 6.07) is 8.20. The molecule has 1 aromatic carbocycles. The molecule has 110 valence electrons. The first-order chi connectivity index (χ1) is 9.74. The minimum absolute atomic E-state index is 0.311. The Balaban J connectivity index is 1.96. The summed E-state index contributed by atoms with van der Waals surface area (Å²) in [6.07, 6.45) is 2.77. The number of rotatable bonds is 5. The van der Waals surface area contributed by atoms with Crippen LogP contribution < -0.4 is 4.74 Å². The molecule has 1 aliphatic heterocycles. The van der Waals surface area contributed by atoms with Gasteiger partial charge in [0.15, 0.2) is 0 Å². The molecule has 0 saturated carbocycles. The van der Waals surface area contributed by atoms with Crippen molar-refractivity contribution in [1.82, 2.24) is 4.90 Å². The van der Waals surface area contributed by atoms with E-state index in [1.54, 1.807) is 7.11 Å². The number of amides is 1. The fraction of sp³-hybridized carbons (Fsp3) is 0.562. The molecule has 0 radical (unpaired) electrons. The average molecular weight is 293 g/mol. The molecule has 1 saturated heterocycles. The second-order valence-corrected chi connectivity index (χ2v) is 6.39. The third-order valence-corrected chi connectivity index (χ3v) is 4.89. The Morgan fingerprint density at radius 1 is 1.40 bits per heavy atom. The van der Waals surface area contributed by atoms with E-state index < -0.39 is 0 Å². The van der Waals surface area contributed by atoms with Crippen LogP contribution in [0, 0.1) is 0 Å². The van der Waals surface area contributed by atoms with Crippen molar-refractivity contribution in [1.29, 1.82) is 0 Å². The third kappa shape index (κ3) is 3.92. The first-order valence-electron chi connectivity index (χ1n) is 7.28. The number of hydrogen-bond acceptors (Lipinski definition) is 3. The van der Waals surface area contributed by atoms with Gasteiger partial charge in [-0.25, -0.2) is 0 Å². The van der Waals surface area contributed by atoms with Crippen molar-refractivity contribution in [2.24, 2.45) is 0 Å². The molecule has 1 atom stereocenters. The maximum Gasteiger partial charge on any atom is 0.222 e. The number of benzene rings is 1. The largest absolute Gasteiger partial charge is 0.497 e. The molecule has 3 nitrogen and oxygen atoms in total. The summed E-state index contributed by atoms with van der Waals surface area (Å²) in [6.45, 7) is 3.85. The highest BCUT2D eigenvalue weighted by atomic mass is 32.2. The molecule has 1 aliphatic rings. The molecule has 1 aromatic rings. The lowest BCUT2D eigenvalue weighted by molar-refractivity contribution is -0.131. The van der Waals surface area contributed by atoms with E-state index in [4.69, 9.17) is 4.74 Å². The van der Waals surface area contributed by atoms with E-state index in [0.717, 1.165) is 37.4 Å². The fourth-order valence-electron chi connectivity index (χ4n) is 2.38. The number of carbonyl (C=O) groups is 1. The molecule has 0 aromatic heterocycles. The Morgan fingerprint density at radius 3 is 2.80 bits per heavy atom. The predicted octanol–water partition coefficient (Wildman–Crippen LogP) is 3.50. The van der Waals surface area contributed by atoms with Gasteiger partial charge < -0.3 is 9.64 Å². The topological polar surface area (TPSA) is 29.5 Å². The van der Waals surface area contributed by atoms with Crippen LogP contribution in [0.1, 0.15) is 37.0 Å². The van der Waals surface area contributed by atoms with Crippen molar-refractivity contribution < 1.29 is 9.53 Å². The monoisotopic (exact) mass is 293 g/mol. The van der Waals surface area contributed by atoms with Gasteiger partial charge in [0.05, 0.1) is 7.11 Å². The van der Waals surface area contributed by atoms with Gasteiger partial charge in [-0.15, -0.1) is 0 Å². The van der Waals surface area contributed by atoms with E-state index in [-0.39, 0.29) is 0 Å². The number of carbonyl (C=O) groups excluding carboxylic acids is 1. The molecule has 2 rings (SSSR count). The van der Waals surface area contributed by atoms with Crippen molar-refractivity contribution in [3.05, 3.63) is 29.8 Å². The van der Waals surface area contributed by atoms with E-state index >= 15 is 0 Å². The second kappa shape index (κ2) is 7.58. The molecule has 1 unspecified atom stereocenters. The number of nitrogens with zero attached hydrogens (tertiary/aromatic N) is 1. The summed E-state index contributed by atoms with van der Waals surface area (Å²) < 4.78 is 5.19. The zero-order valence-corrected chi connectivity index (χ0v) is 13.1. The number of hydrogen-bond donors (Lipinski definition) is 0. The molecular formula is C16H23NO2S. The third-order valence-electron chi connectivity index (χ3n) is 3.65. The van der Waals surface area contributed by atoms with E-state index in [9.17, 15) is 4.79 Å². The zero-order valence-electron chi connectivity index (χ0n) is 12.3. The van der Waals surface area contributed by atoms with Gasteiger partial charge in [0.1, 0.15) is 5.75 Å². The molecule has 0 N–H and O–H groups in total. The lowest BCUT2D eigenvalue weighted by atomic mass is 10.1. The Kier molecular flexibility index (Phi) is 5.77. The minimum atomic E-state index is 0.311. The fourth-order valence-corrected chi connectivity index (χ4v) is 3.63. The molecule has 1 amide bonds. The summed E-state index contributed by atoms with van der Waals surface area (Å²) in [5.41, 5.74) is 1.28. The van der Waals surface area contributed by atoms with Crippen LogP contribution in [0.2, 0.25) is 0 Å². The SMILES string of the molecule is CCCCC(=O)N1CCSC(c2ccc(OC)cc2)C1. The highest BCUT2D eigenvalue weighted by Crippen LogP contribution is 2.34. The summed E-state index contributed by atoms with van der Waals surface area (Å²) in [5.74, 6) is 2.21. The molecule has 0 spiro atoms. The average Bonchev–Trinajstić information content (AvgIpc) is 2.52. The van der Waals surface area contributed by atoms with Gasteiger partial charge in [0, 0.05) is 30.5 Å². The van der Waals surface area contributed by atoms with Gasteiger partial charge in [-0.1, -0.05) is 25.5 Å². The number of unbranched alkanes of at least 4 members (excludes halogenated alkanes) is 1. The Bertz CT molecular complexity index is 433. The van der Waals surface area contributed by atoms with Crippen molar-refractivity contribution in [3.8, 4) is 5.75 Å². The van der Waals surface area contributed by atoms with Crippen LogP contribution in [0.3, 0.4) is 0 Å². The van der Waals surface area contributed by atoms with E-state index in [2.05, 4.69) is 19.1 Å². The first kappa shape index (κ1) is 15.2. The molecule has 4 heteroatoms. The standard InChI is InChI=1S/C16H23NO2S/c1-3-4-5-16(18)17-10-11-20-15(12-17)13-6-8-14(19-2)9-7-13/h6-9,15H,3-5,10-12H2,1-2H3. The Labute approximate surface area is 125 Å². The Hall–Kier alpha value is -1.16. The van der Waals surface area contributed by atoms with Crippen LogP contribution >= 0.6 is 11.8 Å². The number of thioether (sulfide) groups is 1. The van der Waals surface area contributed by atoms with Gasteiger partial charge in [-0.3, -0.25) is 4.79 Å². The van der Waals surface area contributed by atoms with Crippen LogP contribution in [0.5, 0.6) is 5.75 Å². The lowest BCUT2D eigenvalue weighted by Crippen LogP contribution is -2.39. The summed E-state index contributed by atoms with van der Waals surface area (Å²) in [5, 5.41) is 0.389. The van der Waals surface area contributed by atoms with Gasteiger partial charge in [0.2, 0.25) is 5.91 Å². The van der Waals surface area contributed by atoms with Gasteiger partial charge in [-0.05, 0) is 24.1 Å². The van der Waals surface area contributed by atoms with Crippen molar-refractivity contribution in [3.63, 3.8) is 0 Å². The van der Waals surface area contributed by atoms with Crippen molar-refractivity contribution >= 4 is 17.7 Å². The molecule has 0 aliphatic carbocycles. The smallest absolute Gasteiger partial charge is 0.222 e. The van der Waals surface area contributed by atoms with Crippen LogP contribution in [0.15, 0.2) is 24.3 Å². The van der Waals surface area contributed by atoms with Crippen LogP contribution in [-0.4, -0.2) is 36.8 Å². The van der Waals surface area contributed by atoms with E-state index in [1.165, 1.54) is 5.56 Å². The van der Waals surface area contributed by atoms with Crippen LogP contribution in [0.4, 0.5) is 0 Å². The van der Waals surface area contributed by atoms with E-state index in [0.29, 0.717) is 17.6 Å². The van der Waals surface area contributed by atoms with Crippen LogP contribution in [-0.2, 0) is 4.79 Å². The first-order valence-corrected chi connectivity index (χ1v) is 8.32. The van der Waals surface area contributed by atoms with Crippen LogP contribution in [0.25, 0.3) is 0 Å². The number of ether oxygens (including phenoxy) is 1. The minimum Gasteiger partial charge on any atom is -0.497 e. The summed E-state index contributed by atoms with van der Waals surface area (Å²) in [4.78, 5) is 14.2. The van der Waals surface area contributed by atoms with E-state index in [1.807, 2.05) is 28.8 Å². The molecular weight excluding hydrogens is 270 g/mol. The maximum absolute atomic E-state index is 12.1. The second-order valence-electron chi connectivity index (χ2n) is 5.08. The van der Waals surface area contributed by atoms with Gasteiger partial charge >= 0.3 is 0 Å². The van der Waals surface area contributed by atoms with Gasteiger partial charge in [0.25, 0.3) is 0 Å². The normalized spacial score (nSPS) is 18.9. The number of methoxy groups -OCH3 is 1. The molecule has 1 heterocycles. The summed E-state index contributed by atoms with van der Waals surface area (Å²) in [7, 11) is 1.68.